The van der Waals surface area contributed by atoms with Gasteiger partial charge in [0.15, 0.2) is 0 Å². The predicted octanol–water partition coefficient (Wildman–Crippen LogP) is -0.159. The van der Waals surface area contributed by atoms with Crippen molar-refractivity contribution in [2.45, 2.75) is 20.3 Å². The number of hydrogen-bond acceptors (Lipinski definition) is 1. The second-order valence-electron chi connectivity index (χ2n) is 1.91. The van der Waals surface area contributed by atoms with Crippen LogP contribution in [0, 0.1) is 5.92 Å². The molecule has 2 heteroatoms. The molecule has 0 fully saturated rings. The van der Waals surface area contributed by atoms with Crippen molar-refractivity contribution in [2.75, 3.05) is 6.61 Å². The summed E-state index contributed by atoms with van der Waals surface area (Å²) in [6, 6.07) is 0. The Balaban J connectivity index is 0. The minimum atomic E-state index is 0. The Morgan fingerprint density at radius 1 is 1.43 bits per heavy atom. The molecule has 7 heavy (non-hydrogen) atoms. The zero-order valence-electron chi connectivity index (χ0n) is 4.44. The van der Waals surface area contributed by atoms with Crippen molar-refractivity contribution in [1.82, 2.24) is 0 Å². The fourth-order valence-electron chi connectivity index (χ4n) is 0.258. The Morgan fingerprint density at radius 3 is 1.86 bits per heavy atom. The van der Waals surface area contributed by atoms with Gasteiger partial charge in [0.1, 0.15) is 0 Å². The molecule has 44 valence electrons. The van der Waals surface area contributed by atoms with E-state index in [1.54, 1.807) is 0 Å². The first kappa shape index (κ1) is 10.6. The van der Waals surface area contributed by atoms with Gasteiger partial charge in [-0.05, 0) is 12.3 Å². The molecule has 0 saturated heterocycles. The Bertz CT molecular complexity index is 29.3. The minimum absolute atomic E-state index is 0. The summed E-state index contributed by atoms with van der Waals surface area (Å²) in [6.45, 7) is 4.52. The van der Waals surface area contributed by atoms with Crippen LogP contribution in [0.2, 0.25) is 0 Å². The Morgan fingerprint density at radius 2 is 1.86 bits per heavy atom. The van der Waals surface area contributed by atoms with Gasteiger partial charge in [-0.2, -0.15) is 0 Å². The fraction of sp³-hybridized carbons (Fsp3) is 1.00. The second kappa shape index (κ2) is 6.60. The molecular weight excluding hydrogens is 146 g/mol. The molecule has 1 nitrogen and oxygen atoms in total. The van der Waals surface area contributed by atoms with Crippen LogP contribution >= 0.6 is 0 Å². The first-order valence-electron chi connectivity index (χ1n) is 2.38. The Labute approximate surface area is 58.2 Å². The van der Waals surface area contributed by atoms with Crippen LogP contribution < -0.4 is 0 Å². The predicted molar refractivity (Wildman–Crippen MR) is 36.5 cm³/mol. The van der Waals surface area contributed by atoms with E-state index in [2.05, 4.69) is 13.8 Å². The average Bonchev–Trinajstić information content (AvgIpc) is 1.35. The maximum absolute atomic E-state index is 8.24. The van der Waals surface area contributed by atoms with Crippen LogP contribution in [0.15, 0.2) is 0 Å². The summed E-state index contributed by atoms with van der Waals surface area (Å²) in [4.78, 5) is 0. The van der Waals surface area contributed by atoms with E-state index in [4.69, 9.17) is 5.11 Å². The molecule has 0 atom stereocenters. The molecule has 0 aliphatic carbocycles. The van der Waals surface area contributed by atoms with Crippen LogP contribution in [0.4, 0.5) is 0 Å². The molecule has 0 unspecified atom stereocenters. The normalized spacial score (nSPS) is 8.57. The van der Waals surface area contributed by atoms with Crippen LogP contribution in [0.5, 0.6) is 0 Å². The summed E-state index contributed by atoms with van der Waals surface area (Å²) >= 11 is 0. The summed E-state index contributed by atoms with van der Waals surface area (Å²) in [5.41, 5.74) is 0. The van der Waals surface area contributed by atoms with Gasteiger partial charge < -0.3 is 5.11 Å². The van der Waals surface area contributed by atoms with E-state index in [1.165, 1.54) is 0 Å². The van der Waals surface area contributed by atoms with Crippen molar-refractivity contribution < 1.29 is 5.11 Å². The van der Waals surface area contributed by atoms with Crippen LogP contribution in [0.1, 0.15) is 20.3 Å². The number of aliphatic hydroxyl groups excluding tert-OH is 1. The van der Waals surface area contributed by atoms with E-state index in [-0.39, 0.29) is 19.8 Å². The molecule has 0 aromatic heterocycles. The second-order valence-corrected chi connectivity index (χ2v) is 1.91. The van der Waals surface area contributed by atoms with Crippen LogP contribution in [0.25, 0.3) is 0 Å². The first-order valence-corrected chi connectivity index (χ1v) is 2.38. The van der Waals surface area contributed by atoms with Crippen LogP contribution in [0.3, 0.4) is 0 Å². The van der Waals surface area contributed by atoms with Gasteiger partial charge in [-0.3, -0.25) is 0 Å². The van der Waals surface area contributed by atoms with Crippen molar-refractivity contribution in [3.8, 4) is 0 Å². The zero-order chi connectivity index (χ0) is 4.99. The summed E-state index contributed by atoms with van der Waals surface area (Å²) in [5.74, 6) is 0.648. The number of rotatable bonds is 2. The molecule has 1 N–H and O–H groups in total. The maximum atomic E-state index is 8.24. The van der Waals surface area contributed by atoms with Crippen LogP contribution in [-0.4, -0.2) is 31.5 Å². The molecule has 0 heterocycles. The van der Waals surface area contributed by atoms with Gasteiger partial charge in [-0.25, -0.2) is 0 Å². The average molecular weight is 161 g/mol. The van der Waals surface area contributed by atoms with Crippen molar-refractivity contribution in [3.05, 3.63) is 0 Å². The molecule has 0 rings (SSSR count). The molecule has 0 radical (unpaired) electrons. The van der Waals surface area contributed by atoms with Crippen LogP contribution in [-0.2, 0) is 0 Å². The molecule has 0 bridgehead atoms. The Kier molecular flexibility index (Phi) is 9.95. The van der Waals surface area contributed by atoms with Gasteiger partial charge in [0.25, 0.3) is 0 Å². The van der Waals surface area contributed by atoms with Gasteiger partial charge in [-0.15, -0.1) is 0 Å². The first-order chi connectivity index (χ1) is 2.77. The Hall–Kier alpha value is 0.596. The van der Waals surface area contributed by atoms with Gasteiger partial charge in [-0.1, -0.05) is 13.8 Å². The van der Waals surface area contributed by atoms with E-state index in [9.17, 15) is 0 Å². The summed E-state index contributed by atoms with van der Waals surface area (Å²) in [5, 5.41) is 8.24. The standard InChI is InChI=1S/C5H12O.Ga.3H/c1-5(2)3-4-6;;;;/h5-6H,3-4H2,1-2H3;;;;. The molecule has 0 amide bonds. The molecule has 0 aliphatic heterocycles. The number of aliphatic hydroxyl groups is 1. The molecule has 0 aliphatic rings. The van der Waals surface area contributed by atoms with E-state index in [0.29, 0.717) is 12.5 Å². The molecule has 0 aromatic carbocycles. The third kappa shape index (κ3) is 10.8. The SMILES string of the molecule is CC(C)CCO.[GaH3]. The molecule has 0 aromatic rings. The summed E-state index contributed by atoms with van der Waals surface area (Å²) < 4.78 is 0. The van der Waals surface area contributed by atoms with Crippen molar-refractivity contribution in [1.29, 1.82) is 0 Å². The quantitative estimate of drug-likeness (QED) is 0.558. The van der Waals surface area contributed by atoms with Crippen molar-refractivity contribution in [2.24, 2.45) is 5.92 Å². The van der Waals surface area contributed by atoms with E-state index in [1.807, 2.05) is 0 Å². The zero-order valence-corrected chi connectivity index (χ0v) is 4.44. The topological polar surface area (TPSA) is 20.2 Å². The molecule has 0 saturated carbocycles. The number of hydrogen-bond donors (Lipinski definition) is 1. The van der Waals surface area contributed by atoms with Crippen molar-refractivity contribution in [3.63, 3.8) is 0 Å². The van der Waals surface area contributed by atoms with E-state index >= 15 is 0 Å². The monoisotopic (exact) mass is 160 g/mol. The van der Waals surface area contributed by atoms with Gasteiger partial charge in [0, 0.05) is 6.61 Å². The summed E-state index contributed by atoms with van der Waals surface area (Å²) in [7, 11) is 0. The molecular formula is C5H15GaO. The van der Waals surface area contributed by atoms with E-state index < -0.39 is 0 Å². The van der Waals surface area contributed by atoms with Crippen molar-refractivity contribution >= 4 is 19.8 Å². The van der Waals surface area contributed by atoms with Gasteiger partial charge >= 0.3 is 19.8 Å². The third-order valence-electron chi connectivity index (χ3n) is 0.706. The summed E-state index contributed by atoms with van der Waals surface area (Å²) in [6.07, 6.45) is 0.931. The van der Waals surface area contributed by atoms with Gasteiger partial charge in [0.2, 0.25) is 0 Å². The fourth-order valence-corrected chi connectivity index (χ4v) is 0.258. The molecule has 0 spiro atoms. The third-order valence-corrected chi connectivity index (χ3v) is 0.706. The van der Waals surface area contributed by atoms with Gasteiger partial charge in [0.05, 0.1) is 0 Å². The van der Waals surface area contributed by atoms with E-state index in [0.717, 1.165) is 6.42 Å².